The van der Waals surface area contributed by atoms with E-state index in [4.69, 9.17) is 28.4 Å². The highest BCUT2D eigenvalue weighted by Crippen LogP contribution is 2.48. The Hall–Kier alpha value is -3.71. The van der Waals surface area contributed by atoms with Crippen LogP contribution in [0.4, 0.5) is 10.3 Å². The number of rotatable bonds is 3. The van der Waals surface area contributed by atoms with Crippen LogP contribution < -0.4 is 26.5 Å². The van der Waals surface area contributed by atoms with Crippen LogP contribution in [0.2, 0.25) is 0 Å². The third-order valence-corrected chi connectivity index (χ3v) is 9.69. The summed E-state index contributed by atoms with van der Waals surface area (Å²) in [5.41, 5.74) is 3.77. The van der Waals surface area contributed by atoms with Crippen molar-refractivity contribution >= 4 is 46.4 Å². The van der Waals surface area contributed by atoms with Crippen molar-refractivity contribution in [1.82, 2.24) is 43.8 Å². The molecule has 22 nitrogen and oxygen atoms in total. The van der Waals surface area contributed by atoms with Gasteiger partial charge in [0.1, 0.15) is 12.2 Å². The van der Waals surface area contributed by atoms with Crippen molar-refractivity contribution in [2.24, 2.45) is 5.92 Å². The molecule has 4 aromatic heterocycles. The summed E-state index contributed by atoms with van der Waals surface area (Å²) in [6, 6.07) is -1.39. The summed E-state index contributed by atoms with van der Waals surface area (Å²) in [5.74, 6) is -1.45. The topological polar surface area (TPSA) is 306 Å². The summed E-state index contributed by atoms with van der Waals surface area (Å²) in [4.78, 5) is 57.8. The molecule has 1 unspecified atom stereocenters. The summed E-state index contributed by atoms with van der Waals surface area (Å²) >= 11 is 0. The number of aliphatic hydroxyl groups excluding tert-OH is 1. The van der Waals surface area contributed by atoms with E-state index in [1.54, 1.807) is 0 Å². The summed E-state index contributed by atoms with van der Waals surface area (Å²) < 4.78 is 86.5. The fourth-order valence-electron chi connectivity index (χ4n) is 5.64. The number of alkyl halides is 1. The zero-order valence-corrected chi connectivity index (χ0v) is 24.6. The second-order valence-corrected chi connectivity index (χ2v) is 13.2. The molecule has 0 aromatic carbocycles. The number of nitrogens with one attached hydrogen (secondary N) is 3. The van der Waals surface area contributed by atoms with Gasteiger partial charge in [-0.1, -0.05) is 0 Å². The van der Waals surface area contributed by atoms with Gasteiger partial charge in [0.25, 0.3) is 18.9 Å². The average molecular weight is 690 g/mol. The van der Waals surface area contributed by atoms with Gasteiger partial charge in [0.15, 0.2) is 41.0 Å². The maximum absolute atomic E-state index is 15.9. The summed E-state index contributed by atoms with van der Waals surface area (Å²) in [5, 5.41) is 10.2. The van der Waals surface area contributed by atoms with Gasteiger partial charge in [-0.25, -0.2) is 19.3 Å². The van der Waals surface area contributed by atoms with Crippen molar-refractivity contribution in [3.8, 4) is 0 Å². The van der Waals surface area contributed by atoms with E-state index in [0.717, 1.165) is 23.5 Å². The van der Waals surface area contributed by atoms with Crippen molar-refractivity contribution < 1.29 is 50.1 Å². The minimum Gasteiger partial charge on any atom is -0.756 e. The number of aromatic amines is 2. The van der Waals surface area contributed by atoms with Crippen LogP contribution in [0.3, 0.4) is 0 Å². The highest BCUT2D eigenvalue weighted by Gasteiger charge is 2.52. The van der Waals surface area contributed by atoms with Crippen LogP contribution in [-0.4, -0.2) is 103 Å². The molecule has 0 spiro atoms. The van der Waals surface area contributed by atoms with Crippen molar-refractivity contribution in [2.75, 3.05) is 25.6 Å². The number of ether oxygens (including phenoxy) is 2. The van der Waals surface area contributed by atoms with Gasteiger partial charge in [0.05, 0.1) is 50.9 Å². The van der Waals surface area contributed by atoms with E-state index in [0.29, 0.717) is 0 Å². The third kappa shape index (κ3) is 5.30. The van der Waals surface area contributed by atoms with Crippen molar-refractivity contribution in [3.63, 3.8) is 0 Å². The third-order valence-electron chi connectivity index (χ3n) is 7.72. The normalized spacial score (nSPS) is 35.0. The summed E-state index contributed by atoms with van der Waals surface area (Å²) in [7, 11) is -10.2. The molecule has 0 saturated carbocycles. The number of anilines is 1. The largest absolute Gasteiger partial charge is 0.756 e. The Labute approximate surface area is 254 Å². The van der Waals surface area contributed by atoms with Crippen molar-refractivity contribution in [1.29, 1.82) is 0 Å². The van der Waals surface area contributed by atoms with Gasteiger partial charge in [0, 0.05) is 5.92 Å². The van der Waals surface area contributed by atoms with Crippen molar-refractivity contribution in [2.45, 2.75) is 43.0 Å². The van der Waals surface area contributed by atoms with E-state index < -0.39 is 98.0 Å². The number of halogens is 1. The van der Waals surface area contributed by atoms with Gasteiger partial charge in [-0.15, -0.1) is 0 Å². The van der Waals surface area contributed by atoms with Gasteiger partial charge in [0.2, 0.25) is 5.95 Å². The van der Waals surface area contributed by atoms with Crippen LogP contribution in [0.5, 0.6) is 0 Å². The first-order chi connectivity index (χ1) is 21.9. The minimum atomic E-state index is -5.40. The molecule has 248 valence electrons. The predicted molar refractivity (Wildman–Crippen MR) is 144 cm³/mol. The first-order valence-corrected chi connectivity index (χ1v) is 16.2. The Morgan fingerprint density at radius 3 is 2.50 bits per heavy atom. The molecule has 0 radical (unpaired) electrons. The fraction of sp³-hybridized carbons (Fsp3) is 0.524. The molecule has 6 N–H and O–H groups in total. The number of nitrogen functional groups attached to an aromatic ring is 1. The molecule has 0 amide bonds. The molecule has 7 heterocycles. The number of nitrogens with zero attached hydrogens (tertiary/aromatic N) is 6. The molecular formula is C21H23FN10O12PS-. The number of aliphatic hydroxyl groups is 1. The Morgan fingerprint density at radius 2 is 1.76 bits per heavy atom. The van der Waals surface area contributed by atoms with E-state index in [1.807, 2.05) is 0 Å². The number of imidazole rings is 2. The van der Waals surface area contributed by atoms with Crippen LogP contribution in [0, 0.1) is 5.92 Å². The van der Waals surface area contributed by atoms with Crippen LogP contribution in [0.15, 0.2) is 28.6 Å². The highest BCUT2D eigenvalue weighted by molar-refractivity contribution is 7.84. The summed E-state index contributed by atoms with van der Waals surface area (Å²) in [6.45, 7) is -2.53. The first kappa shape index (κ1) is 30.9. The van der Waals surface area contributed by atoms with E-state index in [9.17, 15) is 32.6 Å². The Bertz CT molecular complexity index is 2090. The number of hydrogen-bond acceptors (Lipinski definition) is 17. The number of fused-ring (bicyclic) bond motifs is 5. The molecule has 2 bridgehead atoms. The molecule has 46 heavy (non-hydrogen) atoms. The number of hydrogen-bond donors (Lipinski definition) is 5. The Balaban J connectivity index is 1.23. The maximum atomic E-state index is 15.9. The lowest BCUT2D eigenvalue weighted by Gasteiger charge is -2.30. The lowest BCUT2D eigenvalue weighted by molar-refractivity contribution is -0.235. The second kappa shape index (κ2) is 11.2. The molecule has 3 saturated heterocycles. The van der Waals surface area contributed by atoms with Crippen LogP contribution in [0.1, 0.15) is 12.5 Å². The molecular weight excluding hydrogens is 666 g/mol. The van der Waals surface area contributed by atoms with E-state index in [-0.39, 0.29) is 28.3 Å². The average Bonchev–Trinajstić information content (AvgIpc) is 3.75. The monoisotopic (exact) mass is 689 g/mol. The zero-order valence-electron chi connectivity index (χ0n) is 22.9. The molecule has 9 atom stereocenters. The SMILES string of the molecule is Nc1nc2c(ncn2[C@@H]2O[C@@H]3COP(=O)([O-])O[C@H]4[C@@H](F)[C@H](n5cnc6c(=O)[nH]cnc65)O[C@@H]4COS(=O)(=O)N[C@@H]2[C@@H]3CO)c(=O)[nH]1. The predicted octanol–water partition coefficient (Wildman–Crippen LogP) is -3.32. The lowest BCUT2D eigenvalue weighted by Crippen LogP contribution is -2.46. The number of H-pyrrole nitrogens is 2. The Morgan fingerprint density at radius 1 is 1.07 bits per heavy atom. The molecule has 3 aliphatic rings. The summed E-state index contributed by atoms with van der Waals surface area (Å²) in [6.07, 6.45) is -7.16. The smallest absolute Gasteiger partial charge is 0.336 e. The fourth-order valence-corrected chi connectivity index (χ4v) is 7.59. The highest BCUT2D eigenvalue weighted by atomic mass is 32.2. The Kier molecular flexibility index (Phi) is 7.54. The standard InChI is InChI=1S/C21H24FN10O12PS/c22-10-14-9(43-19(10)31-5-26-12-15(31)24-4-25-17(12)34)3-41-46(38,39)30-11-7(1-33)8(2-40-45(36,37)44-14)42-20(11)32-6-27-13-16(32)28-21(23)29-18(13)35/h4-11,14,19-20,30,33H,1-3H2,(H,36,37)(H,24,25,34)(H3,23,28,29,35)/p-1/t7-,8-,9-,10-,11-,14-,19-,20-/m1/s1. The maximum Gasteiger partial charge on any atom is 0.336 e. The van der Waals surface area contributed by atoms with Crippen LogP contribution >= 0.6 is 7.82 Å². The molecule has 3 fully saturated rings. The lowest BCUT2D eigenvalue weighted by atomic mass is 9.98. The van der Waals surface area contributed by atoms with Gasteiger partial charge in [-0.05, 0) is 0 Å². The number of aromatic nitrogens is 8. The molecule has 4 aromatic rings. The quantitative estimate of drug-likeness (QED) is 0.131. The van der Waals surface area contributed by atoms with Gasteiger partial charge in [-0.2, -0.15) is 18.1 Å². The number of phosphoric acid groups is 1. The van der Waals surface area contributed by atoms with Gasteiger partial charge in [-0.3, -0.25) is 32.5 Å². The molecule has 0 aliphatic carbocycles. The van der Waals surface area contributed by atoms with E-state index >= 15 is 4.39 Å². The van der Waals surface area contributed by atoms with Gasteiger partial charge >= 0.3 is 10.3 Å². The van der Waals surface area contributed by atoms with E-state index in [1.165, 1.54) is 4.57 Å². The second-order valence-electron chi connectivity index (χ2n) is 10.4. The van der Waals surface area contributed by atoms with Gasteiger partial charge < -0.3 is 39.2 Å². The van der Waals surface area contributed by atoms with E-state index in [2.05, 4.69) is 34.6 Å². The van der Waals surface area contributed by atoms with Crippen LogP contribution in [-0.2, 0) is 37.6 Å². The van der Waals surface area contributed by atoms with Crippen LogP contribution in [0.25, 0.3) is 22.3 Å². The minimum absolute atomic E-state index is 0.109. The first-order valence-electron chi connectivity index (χ1n) is 13.3. The number of phosphoric ester groups is 1. The molecule has 3 aliphatic heterocycles. The van der Waals surface area contributed by atoms with Crippen molar-refractivity contribution in [3.05, 3.63) is 39.7 Å². The zero-order chi connectivity index (χ0) is 32.5. The molecule has 7 rings (SSSR count). The molecule has 25 heteroatoms. The number of nitrogens with two attached hydrogens (primary N) is 1.